The van der Waals surface area contributed by atoms with Crippen molar-refractivity contribution in [3.8, 4) is 0 Å². The van der Waals surface area contributed by atoms with E-state index in [-0.39, 0.29) is 17.0 Å². The molecule has 1 saturated heterocycles. The molecule has 6 heteroatoms. The summed E-state index contributed by atoms with van der Waals surface area (Å²) in [7, 11) is -1.05. The van der Waals surface area contributed by atoms with E-state index < -0.39 is 9.84 Å². The SMILES string of the molecule is CN1C(N)=NCC12CCS(=O)(=O)C2. The van der Waals surface area contributed by atoms with Gasteiger partial charge in [0.15, 0.2) is 15.8 Å². The van der Waals surface area contributed by atoms with Gasteiger partial charge in [0.1, 0.15) is 0 Å². The third-order valence-corrected chi connectivity index (χ3v) is 4.76. The van der Waals surface area contributed by atoms with Crippen molar-refractivity contribution in [2.24, 2.45) is 10.7 Å². The van der Waals surface area contributed by atoms with Crippen LogP contribution in [0.1, 0.15) is 6.42 Å². The van der Waals surface area contributed by atoms with Gasteiger partial charge in [-0.25, -0.2) is 8.42 Å². The van der Waals surface area contributed by atoms with Gasteiger partial charge in [0.05, 0.1) is 23.6 Å². The summed E-state index contributed by atoms with van der Waals surface area (Å²) in [5.41, 5.74) is 5.27. The van der Waals surface area contributed by atoms with E-state index in [4.69, 9.17) is 5.73 Å². The van der Waals surface area contributed by atoms with Gasteiger partial charge in [-0.15, -0.1) is 0 Å². The minimum absolute atomic E-state index is 0.195. The molecule has 2 aliphatic rings. The van der Waals surface area contributed by atoms with Gasteiger partial charge in [0.25, 0.3) is 0 Å². The van der Waals surface area contributed by atoms with E-state index in [2.05, 4.69) is 4.99 Å². The highest BCUT2D eigenvalue weighted by Gasteiger charge is 2.48. The Hall–Kier alpha value is -0.780. The highest BCUT2D eigenvalue weighted by Crippen LogP contribution is 2.32. The van der Waals surface area contributed by atoms with Crippen molar-refractivity contribution in [1.82, 2.24) is 4.90 Å². The Balaban J connectivity index is 2.28. The van der Waals surface area contributed by atoms with Gasteiger partial charge >= 0.3 is 0 Å². The molecule has 1 atom stereocenters. The number of hydrogen-bond acceptors (Lipinski definition) is 5. The van der Waals surface area contributed by atoms with Gasteiger partial charge in [-0.2, -0.15) is 0 Å². The molecule has 1 unspecified atom stereocenters. The Kier molecular flexibility index (Phi) is 1.61. The van der Waals surface area contributed by atoms with E-state index in [0.29, 0.717) is 18.9 Å². The predicted octanol–water partition coefficient (Wildman–Crippen LogP) is -1.20. The van der Waals surface area contributed by atoms with Crippen LogP contribution < -0.4 is 5.73 Å². The first kappa shape index (κ1) is 8.80. The molecular formula is C7H13N3O2S. The molecule has 2 heterocycles. The maximum Gasteiger partial charge on any atom is 0.191 e. The maximum atomic E-state index is 11.3. The van der Waals surface area contributed by atoms with Gasteiger partial charge in [-0.05, 0) is 6.42 Å². The van der Waals surface area contributed by atoms with Crippen LogP contribution in [0.25, 0.3) is 0 Å². The molecule has 0 saturated carbocycles. The Labute approximate surface area is 77.5 Å². The predicted molar refractivity (Wildman–Crippen MR) is 50.3 cm³/mol. The highest BCUT2D eigenvalue weighted by molar-refractivity contribution is 7.91. The first-order valence-corrected chi connectivity index (χ1v) is 6.02. The van der Waals surface area contributed by atoms with E-state index in [1.165, 1.54) is 0 Å². The lowest BCUT2D eigenvalue weighted by Crippen LogP contribution is -2.50. The standard InChI is InChI=1S/C7H13N3O2S/c1-10-6(8)9-4-7(10)2-3-13(11,12)5-7/h2-5H2,1H3,(H2,8,9). The second kappa shape index (κ2) is 2.37. The Morgan fingerprint density at radius 3 is 2.69 bits per heavy atom. The zero-order valence-corrected chi connectivity index (χ0v) is 8.34. The van der Waals surface area contributed by atoms with E-state index in [1.807, 2.05) is 7.05 Å². The highest BCUT2D eigenvalue weighted by atomic mass is 32.2. The molecule has 1 fully saturated rings. The number of nitrogens with two attached hydrogens (primary N) is 1. The average Bonchev–Trinajstić information content (AvgIpc) is 2.48. The van der Waals surface area contributed by atoms with Crippen LogP contribution in [0.5, 0.6) is 0 Å². The van der Waals surface area contributed by atoms with Crippen molar-refractivity contribution in [3.63, 3.8) is 0 Å². The molecule has 2 N–H and O–H groups in total. The Bertz CT molecular complexity index is 362. The van der Waals surface area contributed by atoms with E-state index >= 15 is 0 Å². The van der Waals surface area contributed by atoms with Gasteiger partial charge < -0.3 is 10.6 Å². The van der Waals surface area contributed by atoms with E-state index in [1.54, 1.807) is 4.90 Å². The summed E-state index contributed by atoms with van der Waals surface area (Å²) in [6.07, 6.45) is 0.649. The molecule has 2 rings (SSSR count). The molecule has 2 aliphatic heterocycles. The summed E-state index contributed by atoms with van der Waals surface area (Å²) in [6.45, 7) is 0.522. The topological polar surface area (TPSA) is 75.8 Å². The third kappa shape index (κ3) is 1.20. The summed E-state index contributed by atoms with van der Waals surface area (Å²) in [6, 6.07) is 0. The molecular weight excluding hydrogens is 190 g/mol. The van der Waals surface area contributed by atoms with Gasteiger partial charge in [0.2, 0.25) is 0 Å². The van der Waals surface area contributed by atoms with Crippen LogP contribution in [0, 0.1) is 0 Å². The molecule has 0 aromatic heterocycles. The van der Waals surface area contributed by atoms with Crippen molar-refractivity contribution in [2.75, 3.05) is 25.1 Å². The molecule has 0 aromatic rings. The second-order valence-corrected chi connectivity index (χ2v) is 5.98. The molecule has 5 nitrogen and oxygen atoms in total. The zero-order chi connectivity index (χ0) is 9.69. The minimum Gasteiger partial charge on any atom is -0.370 e. The number of sulfone groups is 1. The number of hydrogen-bond donors (Lipinski definition) is 1. The van der Waals surface area contributed by atoms with E-state index in [9.17, 15) is 8.42 Å². The Morgan fingerprint density at radius 1 is 1.62 bits per heavy atom. The second-order valence-electron chi connectivity index (χ2n) is 3.80. The van der Waals surface area contributed by atoms with E-state index in [0.717, 1.165) is 0 Å². The van der Waals surface area contributed by atoms with Crippen molar-refractivity contribution >= 4 is 15.8 Å². The molecule has 0 amide bonds. The van der Waals surface area contributed by atoms with Crippen LogP contribution >= 0.6 is 0 Å². The van der Waals surface area contributed by atoms with Crippen LogP contribution in [0.3, 0.4) is 0 Å². The van der Waals surface area contributed by atoms with Gasteiger partial charge in [0, 0.05) is 7.05 Å². The quantitative estimate of drug-likeness (QED) is 0.537. The molecule has 0 radical (unpaired) electrons. The van der Waals surface area contributed by atoms with Crippen LogP contribution in [-0.2, 0) is 9.84 Å². The van der Waals surface area contributed by atoms with Crippen molar-refractivity contribution < 1.29 is 8.42 Å². The molecule has 13 heavy (non-hydrogen) atoms. The van der Waals surface area contributed by atoms with Crippen LogP contribution in [0.2, 0.25) is 0 Å². The first-order chi connectivity index (χ1) is 5.95. The van der Waals surface area contributed by atoms with Crippen LogP contribution in [-0.4, -0.2) is 49.9 Å². The fourth-order valence-electron chi connectivity index (χ4n) is 1.97. The molecule has 0 aliphatic carbocycles. The fraction of sp³-hybridized carbons (Fsp3) is 0.857. The number of likely N-dealkylation sites (N-methyl/N-ethyl adjacent to an activating group) is 1. The molecule has 0 bridgehead atoms. The number of aliphatic imine (C=N–C) groups is 1. The monoisotopic (exact) mass is 203 g/mol. The zero-order valence-electron chi connectivity index (χ0n) is 7.52. The molecule has 0 aromatic carbocycles. The van der Waals surface area contributed by atoms with Gasteiger partial charge in [-0.3, -0.25) is 4.99 Å². The van der Waals surface area contributed by atoms with Crippen molar-refractivity contribution in [2.45, 2.75) is 12.0 Å². The van der Waals surface area contributed by atoms with Crippen molar-refractivity contribution in [1.29, 1.82) is 0 Å². The average molecular weight is 203 g/mol. The third-order valence-electron chi connectivity index (χ3n) is 2.96. The minimum atomic E-state index is -2.86. The lowest BCUT2D eigenvalue weighted by atomic mass is 9.99. The normalized spacial score (nSPS) is 37.0. The van der Waals surface area contributed by atoms with Gasteiger partial charge in [-0.1, -0.05) is 0 Å². The maximum absolute atomic E-state index is 11.3. The summed E-state index contributed by atoms with van der Waals surface area (Å²) >= 11 is 0. The number of guanidine groups is 1. The molecule has 74 valence electrons. The summed E-state index contributed by atoms with van der Waals surface area (Å²) in [4.78, 5) is 5.88. The smallest absolute Gasteiger partial charge is 0.191 e. The number of nitrogens with zero attached hydrogens (tertiary/aromatic N) is 2. The lowest BCUT2D eigenvalue weighted by molar-refractivity contribution is 0.270. The largest absolute Gasteiger partial charge is 0.370 e. The fourth-order valence-corrected chi connectivity index (χ4v) is 4.05. The lowest BCUT2D eigenvalue weighted by Gasteiger charge is -2.31. The number of rotatable bonds is 0. The summed E-state index contributed by atoms with van der Waals surface area (Å²) in [5.74, 6) is 0.915. The first-order valence-electron chi connectivity index (χ1n) is 4.19. The Morgan fingerprint density at radius 2 is 2.31 bits per heavy atom. The van der Waals surface area contributed by atoms with Crippen LogP contribution in [0.15, 0.2) is 4.99 Å². The molecule has 1 spiro atoms. The summed E-state index contributed by atoms with van der Waals surface area (Å²) in [5, 5.41) is 0. The summed E-state index contributed by atoms with van der Waals surface area (Å²) < 4.78 is 22.7. The van der Waals surface area contributed by atoms with Crippen LogP contribution in [0.4, 0.5) is 0 Å². The van der Waals surface area contributed by atoms with Crippen molar-refractivity contribution in [3.05, 3.63) is 0 Å².